The van der Waals surface area contributed by atoms with Crippen LogP contribution in [0, 0.1) is 6.92 Å². The summed E-state index contributed by atoms with van der Waals surface area (Å²) >= 11 is 2.91. The summed E-state index contributed by atoms with van der Waals surface area (Å²) in [6, 6.07) is 16.0. The first-order valence-electron chi connectivity index (χ1n) is 7.49. The molecule has 1 amide bonds. The van der Waals surface area contributed by atoms with Gasteiger partial charge < -0.3 is 4.74 Å². The Morgan fingerprint density at radius 1 is 1.21 bits per heavy atom. The van der Waals surface area contributed by atoms with Gasteiger partial charge in [-0.05, 0) is 42.5 Å². The van der Waals surface area contributed by atoms with Crippen molar-refractivity contribution in [2.75, 3.05) is 6.26 Å². The largest absolute Gasteiger partial charge is 0.489 e. The summed E-state index contributed by atoms with van der Waals surface area (Å²) in [5.41, 5.74) is 3.34. The molecule has 0 saturated heterocycles. The molecule has 1 aliphatic rings. The van der Waals surface area contributed by atoms with E-state index in [9.17, 15) is 4.79 Å². The molecule has 24 heavy (non-hydrogen) atoms. The van der Waals surface area contributed by atoms with Gasteiger partial charge in [-0.3, -0.25) is 4.79 Å². The van der Waals surface area contributed by atoms with Crippen LogP contribution in [0.1, 0.15) is 16.7 Å². The Kier molecular flexibility index (Phi) is 5.43. The molecule has 0 fully saturated rings. The minimum Gasteiger partial charge on any atom is -0.489 e. The zero-order valence-corrected chi connectivity index (χ0v) is 15.1. The van der Waals surface area contributed by atoms with Crippen molar-refractivity contribution in [3.05, 3.63) is 70.1 Å². The molecule has 0 aromatic heterocycles. The molecule has 0 radical (unpaired) electrons. The van der Waals surface area contributed by atoms with Crippen LogP contribution in [-0.4, -0.2) is 16.5 Å². The highest BCUT2D eigenvalue weighted by atomic mass is 32.2. The summed E-state index contributed by atoms with van der Waals surface area (Å²) < 4.78 is 6.60. The molecule has 1 heterocycles. The molecule has 5 heteroatoms. The van der Waals surface area contributed by atoms with Crippen LogP contribution in [0.15, 0.2) is 58.4 Å². The topological polar surface area (TPSA) is 38.7 Å². The van der Waals surface area contributed by atoms with E-state index < -0.39 is 0 Å². The summed E-state index contributed by atoms with van der Waals surface area (Å²) in [7, 11) is 0. The second kappa shape index (κ2) is 7.73. The van der Waals surface area contributed by atoms with Crippen LogP contribution >= 0.6 is 23.5 Å². The molecule has 0 unspecified atom stereocenters. The van der Waals surface area contributed by atoms with Gasteiger partial charge in [-0.15, -0.1) is 11.8 Å². The maximum atomic E-state index is 11.8. The minimum absolute atomic E-state index is 0.163. The van der Waals surface area contributed by atoms with Crippen molar-refractivity contribution >= 4 is 39.9 Å². The number of ether oxygens (including phenoxy) is 1. The monoisotopic (exact) mass is 355 g/mol. The minimum atomic E-state index is -0.163. The zero-order chi connectivity index (χ0) is 16.9. The van der Waals surface area contributed by atoms with Gasteiger partial charge in [0.2, 0.25) is 0 Å². The first-order valence-corrected chi connectivity index (χ1v) is 9.53. The Labute approximate surface area is 150 Å². The molecule has 122 valence electrons. The van der Waals surface area contributed by atoms with E-state index in [2.05, 4.69) is 30.1 Å². The maximum absolute atomic E-state index is 11.8. The first kappa shape index (κ1) is 16.9. The Morgan fingerprint density at radius 2 is 2.00 bits per heavy atom. The van der Waals surface area contributed by atoms with Gasteiger partial charge >= 0.3 is 0 Å². The number of aliphatic imine (C=N–C) groups is 1. The van der Waals surface area contributed by atoms with E-state index in [1.807, 2.05) is 42.7 Å². The van der Waals surface area contributed by atoms with Gasteiger partial charge in [-0.25, -0.2) is 0 Å². The van der Waals surface area contributed by atoms with Crippen LogP contribution in [0.4, 0.5) is 0 Å². The van der Waals surface area contributed by atoms with E-state index in [-0.39, 0.29) is 5.91 Å². The molecular weight excluding hydrogens is 338 g/mol. The standard InChI is InChI=1S/C19H17NO2S2/c1-13-4-3-5-15(10-13)12-22-16-8-6-14(7-9-16)11-17-18(21)20-19(23-2)24-17/h3-11H,12H2,1-2H3/b17-11-. The van der Waals surface area contributed by atoms with Gasteiger partial charge in [0.15, 0.2) is 0 Å². The first-order chi connectivity index (χ1) is 11.6. The lowest BCUT2D eigenvalue weighted by Crippen LogP contribution is -1.95. The number of nitrogens with zero attached hydrogens (tertiary/aromatic N) is 1. The molecule has 0 bridgehead atoms. The third-order valence-electron chi connectivity index (χ3n) is 3.44. The van der Waals surface area contributed by atoms with E-state index in [1.54, 1.807) is 0 Å². The summed E-state index contributed by atoms with van der Waals surface area (Å²) in [5, 5.41) is 0. The van der Waals surface area contributed by atoms with Crippen LogP contribution in [0.2, 0.25) is 0 Å². The van der Waals surface area contributed by atoms with Crippen LogP contribution in [-0.2, 0) is 11.4 Å². The van der Waals surface area contributed by atoms with Gasteiger partial charge in [0.05, 0.1) is 4.91 Å². The summed E-state index contributed by atoms with van der Waals surface area (Å²) in [4.78, 5) is 16.4. The molecule has 3 rings (SSSR count). The number of hydrogen-bond acceptors (Lipinski definition) is 4. The molecule has 0 atom stereocenters. The normalized spacial score (nSPS) is 15.7. The van der Waals surface area contributed by atoms with Crippen molar-refractivity contribution in [3.8, 4) is 5.75 Å². The number of thioether (sulfide) groups is 2. The number of hydrogen-bond donors (Lipinski definition) is 0. The van der Waals surface area contributed by atoms with Crippen LogP contribution in [0.3, 0.4) is 0 Å². The number of benzene rings is 2. The SMILES string of the molecule is CSC1=NC(=O)/C(=C/c2ccc(OCc3cccc(C)c3)cc2)S1. The highest BCUT2D eigenvalue weighted by Gasteiger charge is 2.20. The molecule has 3 nitrogen and oxygen atoms in total. The highest BCUT2D eigenvalue weighted by molar-refractivity contribution is 8.40. The quantitative estimate of drug-likeness (QED) is 0.731. The van der Waals surface area contributed by atoms with Crippen molar-refractivity contribution < 1.29 is 9.53 Å². The van der Waals surface area contributed by atoms with E-state index >= 15 is 0 Å². The lowest BCUT2D eigenvalue weighted by molar-refractivity contribution is -0.113. The van der Waals surface area contributed by atoms with Gasteiger partial charge in [0.25, 0.3) is 5.91 Å². The molecular formula is C19H17NO2S2. The zero-order valence-electron chi connectivity index (χ0n) is 13.5. The number of aryl methyl sites for hydroxylation is 1. The van der Waals surface area contributed by atoms with E-state index in [0.29, 0.717) is 11.5 Å². The maximum Gasteiger partial charge on any atom is 0.285 e. The smallest absolute Gasteiger partial charge is 0.285 e. The fraction of sp³-hybridized carbons (Fsp3) is 0.158. The molecule has 2 aromatic carbocycles. The fourth-order valence-corrected chi connectivity index (χ4v) is 3.68. The van der Waals surface area contributed by atoms with Gasteiger partial charge in [-0.1, -0.05) is 53.7 Å². The molecule has 2 aromatic rings. The second-order valence-electron chi connectivity index (χ2n) is 5.34. The Morgan fingerprint density at radius 3 is 2.67 bits per heavy atom. The molecule has 0 aliphatic carbocycles. The Bertz CT molecular complexity index is 810. The van der Waals surface area contributed by atoms with Crippen molar-refractivity contribution in [2.45, 2.75) is 13.5 Å². The second-order valence-corrected chi connectivity index (χ2v) is 7.43. The molecule has 0 spiro atoms. The molecule has 0 N–H and O–H groups in total. The number of carbonyl (C=O) groups is 1. The van der Waals surface area contributed by atoms with Crippen molar-refractivity contribution in [1.29, 1.82) is 0 Å². The third-order valence-corrected chi connectivity index (χ3v) is 5.41. The van der Waals surface area contributed by atoms with Gasteiger partial charge in [-0.2, -0.15) is 4.99 Å². The predicted molar refractivity (Wildman–Crippen MR) is 103 cm³/mol. The van der Waals surface area contributed by atoms with Crippen LogP contribution in [0.5, 0.6) is 5.75 Å². The van der Waals surface area contributed by atoms with Gasteiger partial charge in [0, 0.05) is 0 Å². The number of amides is 1. The van der Waals surface area contributed by atoms with Crippen molar-refractivity contribution in [1.82, 2.24) is 0 Å². The van der Waals surface area contributed by atoms with Crippen LogP contribution in [0.25, 0.3) is 6.08 Å². The Balaban J connectivity index is 1.63. The van der Waals surface area contributed by atoms with Gasteiger partial charge in [0.1, 0.15) is 16.7 Å². The molecule has 1 aliphatic heterocycles. The highest BCUT2D eigenvalue weighted by Crippen LogP contribution is 2.32. The third kappa shape index (κ3) is 4.30. The van der Waals surface area contributed by atoms with Crippen LogP contribution < -0.4 is 4.74 Å². The summed E-state index contributed by atoms with van der Waals surface area (Å²) in [6.07, 6.45) is 3.78. The van der Waals surface area contributed by atoms with E-state index in [0.717, 1.165) is 21.3 Å². The van der Waals surface area contributed by atoms with E-state index in [1.165, 1.54) is 29.1 Å². The summed E-state index contributed by atoms with van der Waals surface area (Å²) in [5.74, 6) is 0.647. The van der Waals surface area contributed by atoms with Crippen molar-refractivity contribution in [2.24, 2.45) is 4.99 Å². The number of carbonyl (C=O) groups excluding carboxylic acids is 1. The number of rotatable bonds is 4. The lowest BCUT2D eigenvalue weighted by atomic mass is 10.1. The molecule has 0 saturated carbocycles. The Hall–Kier alpha value is -1.98. The van der Waals surface area contributed by atoms with Crippen molar-refractivity contribution in [3.63, 3.8) is 0 Å². The average molecular weight is 355 g/mol. The lowest BCUT2D eigenvalue weighted by Gasteiger charge is -2.07. The fourth-order valence-electron chi connectivity index (χ4n) is 2.26. The average Bonchev–Trinajstić information content (AvgIpc) is 2.94. The van der Waals surface area contributed by atoms with E-state index in [4.69, 9.17) is 4.74 Å². The summed E-state index contributed by atoms with van der Waals surface area (Å²) in [6.45, 7) is 2.61. The predicted octanol–water partition coefficient (Wildman–Crippen LogP) is 4.91.